The zero-order valence-corrected chi connectivity index (χ0v) is 7.53. The normalized spacial score (nSPS) is 11.9. The third-order valence-electron chi connectivity index (χ3n) is 1.02. The Labute approximate surface area is 72.7 Å². The lowest BCUT2D eigenvalue weighted by atomic mass is 10.2. The van der Waals surface area contributed by atoms with Crippen molar-refractivity contribution in [3.63, 3.8) is 0 Å². The molecule has 0 aromatic heterocycles. The van der Waals surface area contributed by atoms with Crippen LogP contribution in [0.3, 0.4) is 0 Å². The Kier molecular flexibility index (Phi) is 11.3. The van der Waals surface area contributed by atoms with Crippen LogP contribution in [0.1, 0.15) is 26.7 Å². The molecule has 0 bridgehead atoms. The first kappa shape index (κ1) is 13.6. The van der Waals surface area contributed by atoms with Crippen molar-refractivity contribution >= 4 is 6.16 Å². The molecule has 0 heterocycles. The predicted octanol–water partition coefficient (Wildman–Crippen LogP) is 1.91. The lowest BCUT2D eigenvalue weighted by molar-refractivity contribution is 0.137. The highest BCUT2D eigenvalue weighted by atomic mass is 16.6. The molecule has 0 fully saturated rings. The molecule has 4 nitrogen and oxygen atoms in total. The molecule has 0 aromatic carbocycles. The molecule has 4 N–H and O–H groups in total. The summed E-state index contributed by atoms with van der Waals surface area (Å²) in [6.07, 6.45) is 4.59. The van der Waals surface area contributed by atoms with Crippen LogP contribution in [-0.2, 0) is 0 Å². The van der Waals surface area contributed by atoms with Gasteiger partial charge in [-0.25, -0.2) is 4.79 Å². The van der Waals surface area contributed by atoms with E-state index in [1.165, 1.54) is 0 Å². The van der Waals surface area contributed by atoms with Crippen molar-refractivity contribution in [2.45, 2.75) is 32.7 Å². The van der Waals surface area contributed by atoms with E-state index in [2.05, 4.69) is 12.2 Å². The Balaban J connectivity index is 0. The van der Waals surface area contributed by atoms with Crippen LogP contribution in [-0.4, -0.2) is 22.4 Å². The summed E-state index contributed by atoms with van der Waals surface area (Å²) in [7, 11) is 0. The molecule has 0 aliphatic heterocycles. The van der Waals surface area contributed by atoms with Crippen LogP contribution in [0.4, 0.5) is 4.79 Å². The van der Waals surface area contributed by atoms with Gasteiger partial charge in [-0.3, -0.25) is 0 Å². The molecule has 12 heavy (non-hydrogen) atoms. The lowest BCUT2D eigenvalue weighted by Gasteiger charge is -1.98. The molecule has 0 amide bonds. The summed E-state index contributed by atoms with van der Waals surface area (Å²) in [4.78, 5) is 8.56. The minimum Gasteiger partial charge on any atom is -0.450 e. The maximum absolute atomic E-state index is 8.56. The molecule has 0 saturated heterocycles. The smallest absolute Gasteiger partial charge is 0.450 e. The summed E-state index contributed by atoms with van der Waals surface area (Å²) in [5.41, 5.74) is 5.50. The highest BCUT2D eigenvalue weighted by molar-refractivity contribution is 5.53. The van der Waals surface area contributed by atoms with Crippen molar-refractivity contribution in [2.75, 3.05) is 0 Å². The van der Waals surface area contributed by atoms with E-state index in [1.54, 1.807) is 0 Å². The van der Waals surface area contributed by atoms with Gasteiger partial charge in [0.15, 0.2) is 0 Å². The maximum Gasteiger partial charge on any atom is 0.503 e. The van der Waals surface area contributed by atoms with Gasteiger partial charge in [-0.15, -0.1) is 0 Å². The van der Waals surface area contributed by atoms with E-state index >= 15 is 0 Å². The number of carbonyl (C=O) groups is 1. The quantitative estimate of drug-likeness (QED) is 0.572. The van der Waals surface area contributed by atoms with E-state index in [0.717, 1.165) is 12.8 Å². The van der Waals surface area contributed by atoms with E-state index in [0.29, 0.717) is 6.04 Å². The van der Waals surface area contributed by atoms with Gasteiger partial charge in [0.05, 0.1) is 0 Å². The Morgan fingerprint density at radius 2 is 2.00 bits per heavy atom. The first-order chi connectivity index (χ1) is 5.50. The second-order valence-corrected chi connectivity index (χ2v) is 2.41. The average Bonchev–Trinajstić information content (AvgIpc) is 1.86. The fraction of sp³-hybridized carbons (Fsp3) is 0.625. The molecule has 0 rings (SSSR count). The Morgan fingerprint density at radius 1 is 1.58 bits per heavy atom. The standard InChI is InChI=1S/C7H15N.CH2O3/c1-3-4-5-6-7(2)8;2-1(3)4/h3-4,7H,5-6,8H2,1-2H3;(H2,2,3,4). The van der Waals surface area contributed by atoms with Crippen molar-refractivity contribution in [2.24, 2.45) is 5.73 Å². The zero-order chi connectivity index (χ0) is 9.98. The highest BCUT2D eigenvalue weighted by Gasteiger charge is 1.87. The fourth-order valence-corrected chi connectivity index (χ4v) is 0.526. The number of nitrogens with two attached hydrogens (primary N) is 1. The Bertz CT molecular complexity index is 128. The van der Waals surface area contributed by atoms with E-state index in [9.17, 15) is 0 Å². The lowest BCUT2D eigenvalue weighted by Crippen LogP contribution is -2.13. The van der Waals surface area contributed by atoms with Gasteiger partial charge in [0, 0.05) is 6.04 Å². The van der Waals surface area contributed by atoms with E-state index in [1.807, 2.05) is 13.8 Å². The molecule has 72 valence electrons. The van der Waals surface area contributed by atoms with Crippen LogP contribution in [0.25, 0.3) is 0 Å². The number of rotatable bonds is 3. The molecule has 1 atom stereocenters. The number of carboxylic acid groups (broad SMARTS) is 2. The topological polar surface area (TPSA) is 83.6 Å². The van der Waals surface area contributed by atoms with Gasteiger partial charge in [-0.2, -0.15) is 0 Å². The van der Waals surface area contributed by atoms with Gasteiger partial charge >= 0.3 is 6.16 Å². The van der Waals surface area contributed by atoms with Gasteiger partial charge < -0.3 is 15.9 Å². The molecule has 1 unspecified atom stereocenters. The summed E-state index contributed by atoms with van der Waals surface area (Å²) >= 11 is 0. The molecule has 0 aliphatic rings. The molecule has 0 saturated carbocycles. The van der Waals surface area contributed by atoms with Crippen molar-refractivity contribution in [1.29, 1.82) is 0 Å². The molecule has 0 aromatic rings. The molecule has 4 heteroatoms. The van der Waals surface area contributed by atoms with E-state index < -0.39 is 6.16 Å². The third kappa shape index (κ3) is 36.2. The summed E-state index contributed by atoms with van der Waals surface area (Å²) in [6.45, 7) is 4.06. The van der Waals surface area contributed by atoms with E-state index in [-0.39, 0.29) is 0 Å². The van der Waals surface area contributed by atoms with Gasteiger partial charge in [-0.05, 0) is 26.7 Å². The summed E-state index contributed by atoms with van der Waals surface area (Å²) in [6, 6.07) is 0.353. The SMILES string of the molecule is CC=CCCC(C)N.O=C(O)O. The molecule has 0 spiro atoms. The Hall–Kier alpha value is -1.03. The number of hydrogen-bond donors (Lipinski definition) is 3. The second kappa shape index (κ2) is 9.97. The van der Waals surface area contributed by atoms with Gasteiger partial charge in [0.25, 0.3) is 0 Å². The predicted molar refractivity (Wildman–Crippen MR) is 48.4 cm³/mol. The minimum atomic E-state index is -1.83. The maximum atomic E-state index is 8.56. The van der Waals surface area contributed by atoms with Gasteiger partial charge in [-0.1, -0.05) is 12.2 Å². The second-order valence-electron chi connectivity index (χ2n) is 2.41. The molecule has 0 aliphatic carbocycles. The van der Waals surface area contributed by atoms with Gasteiger partial charge in [0.1, 0.15) is 0 Å². The highest BCUT2D eigenvalue weighted by Crippen LogP contribution is 1.93. The Morgan fingerprint density at radius 3 is 2.25 bits per heavy atom. The van der Waals surface area contributed by atoms with Crippen LogP contribution >= 0.6 is 0 Å². The molecular formula is C8H17NO3. The number of allylic oxidation sites excluding steroid dienone is 2. The van der Waals surface area contributed by atoms with Crippen molar-refractivity contribution in [3.05, 3.63) is 12.2 Å². The van der Waals surface area contributed by atoms with Crippen LogP contribution in [0.2, 0.25) is 0 Å². The zero-order valence-electron chi connectivity index (χ0n) is 7.53. The first-order valence-corrected chi connectivity index (χ1v) is 3.79. The summed E-state index contributed by atoms with van der Waals surface area (Å²) in [5, 5.41) is 13.9. The number of hydrogen-bond acceptors (Lipinski definition) is 2. The van der Waals surface area contributed by atoms with Crippen LogP contribution in [0.15, 0.2) is 12.2 Å². The van der Waals surface area contributed by atoms with E-state index in [4.69, 9.17) is 20.7 Å². The summed E-state index contributed by atoms with van der Waals surface area (Å²) in [5.74, 6) is 0. The fourth-order valence-electron chi connectivity index (χ4n) is 0.526. The molecule has 0 radical (unpaired) electrons. The van der Waals surface area contributed by atoms with Crippen LogP contribution in [0.5, 0.6) is 0 Å². The summed E-state index contributed by atoms with van der Waals surface area (Å²) < 4.78 is 0. The first-order valence-electron chi connectivity index (χ1n) is 3.79. The van der Waals surface area contributed by atoms with Crippen LogP contribution in [0, 0.1) is 0 Å². The molecular weight excluding hydrogens is 158 g/mol. The third-order valence-corrected chi connectivity index (χ3v) is 1.02. The monoisotopic (exact) mass is 175 g/mol. The minimum absolute atomic E-state index is 0.353. The van der Waals surface area contributed by atoms with Crippen molar-refractivity contribution in [1.82, 2.24) is 0 Å². The van der Waals surface area contributed by atoms with Crippen molar-refractivity contribution < 1.29 is 15.0 Å². The van der Waals surface area contributed by atoms with Gasteiger partial charge in [0.2, 0.25) is 0 Å². The largest absolute Gasteiger partial charge is 0.503 e. The average molecular weight is 175 g/mol. The van der Waals surface area contributed by atoms with Crippen LogP contribution < -0.4 is 5.73 Å². The van der Waals surface area contributed by atoms with Crippen molar-refractivity contribution in [3.8, 4) is 0 Å².